The van der Waals surface area contributed by atoms with E-state index in [-0.39, 0.29) is 18.2 Å². The molecule has 0 aliphatic carbocycles. The lowest BCUT2D eigenvalue weighted by Gasteiger charge is -2.32. The molecule has 3 rings (SSSR count). The quantitative estimate of drug-likeness (QED) is 0.346. The summed E-state index contributed by atoms with van der Waals surface area (Å²) in [5, 5.41) is 2.93. The van der Waals surface area contributed by atoms with Crippen molar-refractivity contribution in [2.75, 3.05) is 20.3 Å². The smallest absolute Gasteiger partial charge is 0.243 e. The third-order valence-electron chi connectivity index (χ3n) is 6.09. The minimum absolute atomic E-state index is 0.0660. The van der Waals surface area contributed by atoms with Gasteiger partial charge in [-0.3, -0.25) is 9.59 Å². The van der Waals surface area contributed by atoms with Gasteiger partial charge < -0.3 is 19.7 Å². The number of hydrogen-bond donors (Lipinski definition) is 1. The molecule has 36 heavy (non-hydrogen) atoms. The first-order chi connectivity index (χ1) is 17.5. The number of amides is 2. The van der Waals surface area contributed by atoms with E-state index >= 15 is 0 Å². The van der Waals surface area contributed by atoms with Gasteiger partial charge in [0.05, 0.1) is 13.7 Å². The minimum atomic E-state index is -0.609. The first-order valence-corrected chi connectivity index (χ1v) is 12.4. The van der Waals surface area contributed by atoms with Gasteiger partial charge in [-0.05, 0) is 61.2 Å². The average molecular weight is 489 g/mol. The summed E-state index contributed by atoms with van der Waals surface area (Å²) in [7, 11) is 1.62. The molecule has 3 aromatic rings. The van der Waals surface area contributed by atoms with Crippen LogP contribution in [0.1, 0.15) is 36.5 Å². The van der Waals surface area contributed by atoms with Gasteiger partial charge >= 0.3 is 0 Å². The fraction of sp³-hybridized carbons (Fsp3) is 0.333. The fourth-order valence-electron chi connectivity index (χ4n) is 4.05. The Morgan fingerprint density at radius 1 is 0.917 bits per heavy atom. The lowest BCUT2D eigenvalue weighted by Crippen LogP contribution is -2.50. The lowest BCUT2D eigenvalue weighted by atomic mass is 10.0. The van der Waals surface area contributed by atoms with Crippen LogP contribution >= 0.6 is 0 Å². The van der Waals surface area contributed by atoms with Crippen LogP contribution in [0.15, 0.2) is 78.9 Å². The summed E-state index contributed by atoms with van der Waals surface area (Å²) in [5.74, 6) is 1.28. The Bertz CT molecular complexity index is 1100. The van der Waals surface area contributed by atoms with Crippen molar-refractivity contribution in [3.05, 3.63) is 95.6 Å². The number of methoxy groups -OCH3 is 1. The topological polar surface area (TPSA) is 67.9 Å². The van der Waals surface area contributed by atoms with Crippen LogP contribution in [-0.4, -0.2) is 43.0 Å². The molecule has 1 unspecified atom stereocenters. The van der Waals surface area contributed by atoms with Crippen LogP contribution in [0.2, 0.25) is 0 Å². The molecule has 3 aromatic carbocycles. The molecular formula is C30H36N2O4. The zero-order valence-electron chi connectivity index (χ0n) is 21.4. The van der Waals surface area contributed by atoms with Gasteiger partial charge in [0.15, 0.2) is 0 Å². The SMILES string of the molecule is CCNC(=O)C(Cc1ccccc1)N(Cc1ccccc1C)C(=O)CCCOc1ccc(OC)cc1. The number of aryl methyl sites for hydroxylation is 1. The molecule has 0 spiro atoms. The molecule has 0 aliphatic heterocycles. The normalized spacial score (nSPS) is 11.4. The Labute approximate surface area is 214 Å². The standard InChI is InChI=1S/C30H36N2O4/c1-4-31-30(34)28(21-24-12-6-5-7-13-24)32(22-25-14-9-8-11-23(25)2)29(33)15-10-20-36-27-18-16-26(35-3)17-19-27/h5-9,11-14,16-19,28H,4,10,15,20-22H2,1-3H3,(H,31,34). The van der Waals surface area contributed by atoms with Gasteiger partial charge in [-0.1, -0.05) is 54.6 Å². The van der Waals surface area contributed by atoms with Crippen molar-refractivity contribution >= 4 is 11.8 Å². The van der Waals surface area contributed by atoms with Crippen LogP contribution in [-0.2, 0) is 22.6 Å². The highest BCUT2D eigenvalue weighted by molar-refractivity contribution is 5.88. The van der Waals surface area contributed by atoms with Gasteiger partial charge in [0, 0.05) is 25.9 Å². The van der Waals surface area contributed by atoms with E-state index in [9.17, 15) is 9.59 Å². The number of nitrogens with one attached hydrogen (secondary N) is 1. The van der Waals surface area contributed by atoms with Crippen molar-refractivity contribution in [3.63, 3.8) is 0 Å². The largest absolute Gasteiger partial charge is 0.497 e. The first kappa shape index (κ1) is 26.8. The van der Waals surface area contributed by atoms with Crippen molar-refractivity contribution in [1.82, 2.24) is 10.2 Å². The molecule has 1 atom stereocenters. The Hall–Kier alpha value is -3.80. The molecule has 0 bridgehead atoms. The number of carbonyl (C=O) groups excluding carboxylic acids is 2. The van der Waals surface area contributed by atoms with E-state index in [0.717, 1.165) is 28.2 Å². The Morgan fingerprint density at radius 3 is 2.25 bits per heavy atom. The van der Waals surface area contributed by atoms with E-state index in [4.69, 9.17) is 9.47 Å². The highest BCUT2D eigenvalue weighted by Crippen LogP contribution is 2.20. The van der Waals surface area contributed by atoms with E-state index in [1.165, 1.54) is 0 Å². The van der Waals surface area contributed by atoms with Gasteiger partial charge in [0.25, 0.3) is 0 Å². The molecule has 1 N–H and O–H groups in total. The maximum absolute atomic E-state index is 13.6. The van der Waals surface area contributed by atoms with Crippen LogP contribution < -0.4 is 14.8 Å². The van der Waals surface area contributed by atoms with Crippen molar-refractivity contribution in [2.45, 2.75) is 45.7 Å². The highest BCUT2D eigenvalue weighted by Gasteiger charge is 2.30. The van der Waals surface area contributed by atoms with Crippen LogP contribution in [0.3, 0.4) is 0 Å². The summed E-state index contributed by atoms with van der Waals surface area (Å²) in [6.07, 6.45) is 1.28. The summed E-state index contributed by atoms with van der Waals surface area (Å²) >= 11 is 0. The van der Waals surface area contributed by atoms with Crippen molar-refractivity contribution in [2.24, 2.45) is 0 Å². The second-order valence-electron chi connectivity index (χ2n) is 8.68. The monoisotopic (exact) mass is 488 g/mol. The molecule has 0 fully saturated rings. The lowest BCUT2D eigenvalue weighted by molar-refractivity contribution is -0.141. The number of rotatable bonds is 13. The predicted molar refractivity (Wildman–Crippen MR) is 142 cm³/mol. The second kappa shape index (κ2) is 13.9. The van der Waals surface area contributed by atoms with E-state index < -0.39 is 6.04 Å². The zero-order chi connectivity index (χ0) is 25.8. The second-order valence-corrected chi connectivity index (χ2v) is 8.68. The van der Waals surface area contributed by atoms with E-state index in [0.29, 0.717) is 32.5 Å². The zero-order valence-corrected chi connectivity index (χ0v) is 21.4. The van der Waals surface area contributed by atoms with Crippen LogP contribution in [0.4, 0.5) is 0 Å². The Morgan fingerprint density at radius 2 is 1.58 bits per heavy atom. The maximum Gasteiger partial charge on any atom is 0.243 e. The fourth-order valence-corrected chi connectivity index (χ4v) is 4.05. The molecule has 0 heterocycles. The summed E-state index contributed by atoms with van der Waals surface area (Å²) in [4.78, 5) is 28.5. The minimum Gasteiger partial charge on any atom is -0.497 e. The molecular weight excluding hydrogens is 452 g/mol. The van der Waals surface area contributed by atoms with Crippen LogP contribution in [0.25, 0.3) is 0 Å². The van der Waals surface area contributed by atoms with Gasteiger partial charge in [0.2, 0.25) is 11.8 Å². The highest BCUT2D eigenvalue weighted by atomic mass is 16.5. The Kier molecular flexibility index (Phi) is 10.4. The number of ether oxygens (including phenoxy) is 2. The van der Waals surface area contributed by atoms with Crippen molar-refractivity contribution in [3.8, 4) is 11.5 Å². The number of benzene rings is 3. The van der Waals surface area contributed by atoms with Crippen LogP contribution in [0, 0.1) is 6.92 Å². The summed E-state index contributed by atoms with van der Waals surface area (Å²) in [6.45, 7) is 5.20. The van der Waals surface area contributed by atoms with Crippen LogP contribution in [0.5, 0.6) is 11.5 Å². The molecule has 2 amide bonds. The number of hydrogen-bond acceptors (Lipinski definition) is 4. The number of likely N-dealkylation sites (N-methyl/N-ethyl adjacent to an activating group) is 1. The molecule has 0 aliphatic rings. The summed E-state index contributed by atoms with van der Waals surface area (Å²) in [6, 6.07) is 24.6. The molecule has 6 heteroatoms. The van der Waals surface area contributed by atoms with Gasteiger partial charge in [0.1, 0.15) is 17.5 Å². The molecule has 0 saturated heterocycles. The third kappa shape index (κ3) is 7.87. The third-order valence-corrected chi connectivity index (χ3v) is 6.09. The van der Waals surface area contributed by atoms with Crippen molar-refractivity contribution in [1.29, 1.82) is 0 Å². The molecule has 6 nitrogen and oxygen atoms in total. The van der Waals surface area contributed by atoms with Crippen molar-refractivity contribution < 1.29 is 19.1 Å². The predicted octanol–water partition coefficient (Wildman–Crippen LogP) is 4.94. The van der Waals surface area contributed by atoms with Gasteiger partial charge in [-0.2, -0.15) is 0 Å². The summed E-state index contributed by atoms with van der Waals surface area (Å²) < 4.78 is 11.0. The average Bonchev–Trinajstić information content (AvgIpc) is 2.90. The Balaban J connectivity index is 1.75. The molecule has 0 saturated carbocycles. The van der Waals surface area contributed by atoms with Gasteiger partial charge in [-0.25, -0.2) is 0 Å². The number of carbonyl (C=O) groups is 2. The van der Waals surface area contributed by atoms with E-state index in [2.05, 4.69) is 5.32 Å². The van der Waals surface area contributed by atoms with Gasteiger partial charge in [-0.15, -0.1) is 0 Å². The summed E-state index contributed by atoms with van der Waals surface area (Å²) in [5.41, 5.74) is 3.13. The molecule has 0 aromatic heterocycles. The molecule has 0 radical (unpaired) electrons. The number of nitrogens with zero attached hydrogens (tertiary/aromatic N) is 1. The van der Waals surface area contributed by atoms with E-state index in [1.54, 1.807) is 12.0 Å². The first-order valence-electron chi connectivity index (χ1n) is 12.4. The van der Waals surface area contributed by atoms with E-state index in [1.807, 2.05) is 92.7 Å². The molecule has 190 valence electrons. The maximum atomic E-state index is 13.6.